The minimum absolute atomic E-state index is 0.0508. The van der Waals surface area contributed by atoms with Gasteiger partial charge in [-0.3, -0.25) is 14.5 Å². The molecule has 3 unspecified atom stereocenters. The number of hydrogen-bond donors (Lipinski definition) is 1. The SMILES string of the molecule is CC1CN(Cc2ccccc2CNC(=O)C2CCCN(C(=O)C(C)(C)C)C2)CC(C)O1. The van der Waals surface area contributed by atoms with Gasteiger partial charge in [-0.1, -0.05) is 45.0 Å². The maximum Gasteiger partial charge on any atom is 0.227 e. The smallest absolute Gasteiger partial charge is 0.227 e. The van der Waals surface area contributed by atoms with Gasteiger partial charge in [0.25, 0.3) is 0 Å². The highest BCUT2D eigenvalue weighted by atomic mass is 16.5. The first kappa shape index (κ1) is 23.7. The molecular weight excluding hydrogens is 390 g/mol. The van der Waals surface area contributed by atoms with E-state index in [-0.39, 0.29) is 29.9 Å². The molecule has 2 fully saturated rings. The Labute approximate surface area is 187 Å². The predicted octanol–water partition coefficient (Wildman–Crippen LogP) is 3.20. The van der Waals surface area contributed by atoms with Crippen molar-refractivity contribution in [2.45, 2.75) is 72.8 Å². The zero-order valence-electron chi connectivity index (χ0n) is 19.8. The number of hydrogen-bond acceptors (Lipinski definition) is 4. The first-order valence-electron chi connectivity index (χ1n) is 11.6. The fraction of sp³-hybridized carbons (Fsp3) is 0.680. The molecule has 2 saturated heterocycles. The van der Waals surface area contributed by atoms with Crippen LogP contribution in [0.3, 0.4) is 0 Å². The number of rotatable bonds is 5. The molecule has 31 heavy (non-hydrogen) atoms. The van der Waals surface area contributed by atoms with Crippen molar-refractivity contribution in [2.24, 2.45) is 11.3 Å². The van der Waals surface area contributed by atoms with Crippen LogP contribution in [0, 0.1) is 11.3 Å². The van der Waals surface area contributed by atoms with Crippen LogP contribution in [-0.2, 0) is 27.4 Å². The Bertz CT molecular complexity index is 764. The molecule has 1 aromatic carbocycles. The van der Waals surface area contributed by atoms with E-state index in [2.05, 4.69) is 42.3 Å². The van der Waals surface area contributed by atoms with E-state index < -0.39 is 5.41 Å². The summed E-state index contributed by atoms with van der Waals surface area (Å²) in [5.74, 6) is 0.0484. The highest BCUT2D eigenvalue weighted by molar-refractivity contribution is 5.83. The molecule has 0 aromatic heterocycles. The normalized spacial score (nSPS) is 25.3. The van der Waals surface area contributed by atoms with E-state index in [1.54, 1.807) is 0 Å². The lowest BCUT2D eigenvalue weighted by Crippen LogP contribution is -2.48. The Hall–Kier alpha value is -1.92. The van der Waals surface area contributed by atoms with E-state index in [9.17, 15) is 9.59 Å². The fourth-order valence-corrected chi connectivity index (χ4v) is 4.72. The second-order valence-electron chi connectivity index (χ2n) is 10.3. The van der Waals surface area contributed by atoms with Crippen molar-refractivity contribution < 1.29 is 14.3 Å². The largest absolute Gasteiger partial charge is 0.373 e. The number of morpholine rings is 1. The number of likely N-dealkylation sites (tertiary alicyclic amines) is 1. The van der Waals surface area contributed by atoms with Crippen molar-refractivity contribution in [3.05, 3.63) is 35.4 Å². The number of ether oxygens (including phenoxy) is 1. The van der Waals surface area contributed by atoms with Gasteiger partial charge in [-0.25, -0.2) is 0 Å². The van der Waals surface area contributed by atoms with E-state index in [0.29, 0.717) is 13.1 Å². The first-order chi connectivity index (χ1) is 14.6. The van der Waals surface area contributed by atoms with E-state index in [1.807, 2.05) is 31.7 Å². The van der Waals surface area contributed by atoms with Crippen molar-refractivity contribution in [3.8, 4) is 0 Å². The molecule has 6 heteroatoms. The van der Waals surface area contributed by atoms with Gasteiger partial charge < -0.3 is 15.0 Å². The second kappa shape index (κ2) is 10.1. The summed E-state index contributed by atoms with van der Waals surface area (Å²) in [5, 5.41) is 3.14. The average Bonchev–Trinajstić information content (AvgIpc) is 2.71. The van der Waals surface area contributed by atoms with Gasteiger partial charge in [0, 0.05) is 44.7 Å². The van der Waals surface area contributed by atoms with Crippen molar-refractivity contribution in [2.75, 3.05) is 26.2 Å². The molecule has 2 amide bonds. The zero-order valence-corrected chi connectivity index (χ0v) is 19.8. The molecule has 0 aliphatic carbocycles. The topological polar surface area (TPSA) is 61.9 Å². The molecule has 172 valence electrons. The lowest BCUT2D eigenvalue weighted by atomic mass is 9.91. The van der Waals surface area contributed by atoms with E-state index in [4.69, 9.17) is 4.74 Å². The summed E-state index contributed by atoms with van der Waals surface area (Å²) < 4.78 is 5.85. The highest BCUT2D eigenvalue weighted by Gasteiger charge is 2.33. The Kier molecular flexibility index (Phi) is 7.76. The molecule has 0 spiro atoms. The monoisotopic (exact) mass is 429 g/mol. The molecule has 2 aliphatic rings. The van der Waals surface area contributed by atoms with Crippen LogP contribution in [0.15, 0.2) is 24.3 Å². The molecule has 3 atom stereocenters. The summed E-state index contributed by atoms with van der Waals surface area (Å²) in [5.41, 5.74) is 1.99. The molecule has 0 saturated carbocycles. The Morgan fingerprint density at radius 3 is 2.35 bits per heavy atom. The van der Waals surface area contributed by atoms with Gasteiger partial charge in [0.05, 0.1) is 18.1 Å². The molecule has 2 heterocycles. The zero-order chi connectivity index (χ0) is 22.6. The number of benzene rings is 1. The van der Waals surface area contributed by atoms with Gasteiger partial charge in [-0.2, -0.15) is 0 Å². The van der Waals surface area contributed by atoms with Crippen molar-refractivity contribution in [1.82, 2.24) is 15.1 Å². The molecule has 0 radical (unpaired) electrons. The summed E-state index contributed by atoms with van der Waals surface area (Å²) >= 11 is 0. The van der Waals surface area contributed by atoms with Gasteiger partial charge >= 0.3 is 0 Å². The van der Waals surface area contributed by atoms with Crippen LogP contribution in [-0.4, -0.2) is 60.0 Å². The van der Waals surface area contributed by atoms with Crippen molar-refractivity contribution in [3.63, 3.8) is 0 Å². The number of amides is 2. The van der Waals surface area contributed by atoms with Gasteiger partial charge in [0.2, 0.25) is 11.8 Å². The van der Waals surface area contributed by atoms with Crippen LogP contribution < -0.4 is 5.32 Å². The number of carbonyl (C=O) groups excluding carboxylic acids is 2. The van der Waals surface area contributed by atoms with Gasteiger partial charge in [-0.15, -0.1) is 0 Å². The number of carbonyl (C=O) groups is 2. The fourth-order valence-electron chi connectivity index (χ4n) is 4.72. The summed E-state index contributed by atoms with van der Waals surface area (Å²) in [4.78, 5) is 29.8. The van der Waals surface area contributed by atoms with E-state index in [0.717, 1.165) is 44.6 Å². The first-order valence-corrected chi connectivity index (χ1v) is 11.6. The van der Waals surface area contributed by atoms with Crippen LogP contribution >= 0.6 is 0 Å². The van der Waals surface area contributed by atoms with Crippen LogP contribution in [0.2, 0.25) is 0 Å². The van der Waals surface area contributed by atoms with Gasteiger partial charge in [0.1, 0.15) is 0 Å². The van der Waals surface area contributed by atoms with E-state index >= 15 is 0 Å². The van der Waals surface area contributed by atoms with Crippen LogP contribution in [0.25, 0.3) is 0 Å². The van der Waals surface area contributed by atoms with Crippen molar-refractivity contribution in [1.29, 1.82) is 0 Å². The molecule has 2 aliphatic heterocycles. The molecule has 0 bridgehead atoms. The third-order valence-corrected chi connectivity index (χ3v) is 6.18. The molecule has 1 N–H and O–H groups in total. The summed E-state index contributed by atoms with van der Waals surface area (Å²) in [6.45, 7) is 14.5. The number of nitrogens with one attached hydrogen (secondary N) is 1. The van der Waals surface area contributed by atoms with Crippen LogP contribution in [0.1, 0.15) is 58.6 Å². The predicted molar refractivity (Wildman–Crippen MR) is 122 cm³/mol. The molecule has 6 nitrogen and oxygen atoms in total. The molecular formula is C25H39N3O3. The standard InChI is InChI=1S/C25H39N3O3/c1-18-14-27(15-19(2)31-18)16-21-10-7-6-9-20(21)13-26-23(29)22-11-8-12-28(17-22)24(30)25(3,4)5/h6-7,9-10,18-19,22H,8,11-17H2,1-5H3,(H,26,29). The second-order valence-corrected chi connectivity index (χ2v) is 10.3. The molecule has 3 rings (SSSR count). The van der Waals surface area contributed by atoms with Crippen LogP contribution in [0.4, 0.5) is 0 Å². The third-order valence-electron chi connectivity index (χ3n) is 6.18. The average molecular weight is 430 g/mol. The summed E-state index contributed by atoms with van der Waals surface area (Å²) in [6, 6.07) is 8.33. The Balaban J connectivity index is 1.57. The maximum absolute atomic E-state index is 12.9. The van der Waals surface area contributed by atoms with E-state index in [1.165, 1.54) is 5.56 Å². The minimum Gasteiger partial charge on any atom is -0.373 e. The summed E-state index contributed by atoms with van der Waals surface area (Å²) in [6.07, 6.45) is 2.19. The maximum atomic E-state index is 12.9. The third kappa shape index (κ3) is 6.53. The van der Waals surface area contributed by atoms with Crippen LogP contribution in [0.5, 0.6) is 0 Å². The van der Waals surface area contributed by atoms with Gasteiger partial charge in [-0.05, 0) is 37.8 Å². The quantitative estimate of drug-likeness (QED) is 0.781. The lowest BCUT2D eigenvalue weighted by molar-refractivity contribution is -0.142. The number of piperidine rings is 1. The Morgan fingerprint density at radius 2 is 1.71 bits per heavy atom. The minimum atomic E-state index is -0.411. The summed E-state index contributed by atoms with van der Waals surface area (Å²) in [7, 11) is 0. The highest BCUT2D eigenvalue weighted by Crippen LogP contribution is 2.24. The van der Waals surface area contributed by atoms with Gasteiger partial charge in [0.15, 0.2) is 0 Å². The lowest BCUT2D eigenvalue weighted by Gasteiger charge is -2.36. The Morgan fingerprint density at radius 1 is 1.06 bits per heavy atom. The number of nitrogens with zero attached hydrogens (tertiary/aromatic N) is 2. The van der Waals surface area contributed by atoms with Crippen molar-refractivity contribution >= 4 is 11.8 Å². The molecule has 1 aromatic rings.